The Labute approximate surface area is 190 Å². The predicted molar refractivity (Wildman–Crippen MR) is 125 cm³/mol. The molecule has 0 saturated heterocycles. The smallest absolute Gasteiger partial charge is 0.218 e. The molecule has 5 aromatic rings. The second kappa shape index (κ2) is 7.29. The number of nitrogens with one attached hydrogen (secondary N) is 1. The highest BCUT2D eigenvalue weighted by atomic mass is 15.4. The van der Waals surface area contributed by atoms with Crippen LogP contribution in [-0.4, -0.2) is 43.7 Å². The van der Waals surface area contributed by atoms with Crippen molar-refractivity contribution in [1.82, 2.24) is 43.7 Å². The van der Waals surface area contributed by atoms with Gasteiger partial charge >= 0.3 is 0 Å². The predicted octanol–water partition coefficient (Wildman–Crippen LogP) is 4.16. The molecule has 0 atom stereocenters. The van der Waals surface area contributed by atoms with Crippen LogP contribution in [0.1, 0.15) is 44.3 Å². The minimum atomic E-state index is 0.296. The quantitative estimate of drug-likeness (QED) is 0.424. The van der Waals surface area contributed by atoms with Crippen molar-refractivity contribution in [3.05, 3.63) is 48.7 Å². The van der Waals surface area contributed by atoms with Gasteiger partial charge < -0.3 is 9.88 Å². The van der Waals surface area contributed by atoms with Crippen LogP contribution < -0.4 is 5.32 Å². The number of anilines is 2. The molecule has 10 nitrogen and oxygen atoms in total. The molecular formula is C23H26N10. The van der Waals surface area contributed by atoms with Gasteiger partial charge in [0, 0.05) is 55.7 Å². The second-order valence-electron chi connectivity index (χ2n) is 8.92. The fraction of sp³-hybridized carbons (Fsp3) is 0.348. The summed E-state index contributed by atoms with van der Waals surface area (Å²) in [4.78, 5) is 9.32. The topological polar surface area (TPSA) is 95.7 Å². The number of hydrogen-bond acceptors (Lipinski definition) is 6. The fourth-order valence-corrected chi connectivity index (χ4v) is 4.09. The van der Waals surface area contributed by atoms with Gasteiger partial charge in [-0.1, -0.05) is 0 Å². The van der Waals surface area contributed by atoms with E-state index in [-0.39, 0.29) is 0 Å². The third-order valence-corrected chi connectivity index (χ3v) is 6.09. The van der Waals surface area contributed by atoms with Crippen LogP contribution in [-0.2, 0) is 7.05 Å². The first-order valence-corrected chi connectivity index (χ1v) is 11.2. The molecule has 1 N–H and O–H groups in total. The van der Waals surface area contributed by atoms with Crippen LogP contribution in [0.15, 0.2) is 43.1 Å². The van der Waals surface area contributed by atoms with Crippen molar-refractivity contribution < 1.29 is 0 Å². The molecule has 0 unspecified atom stereocenters. The van der Waals surface area contributed by atoms with Gasteiger partial charge in [-0.05, 0) is 45.2 Å². The average molecular weight is 443 g/mol. The molecular weight excluding hydrogens is 416 g/mol. The lowest BCUT2D eigenvalue weighted by atomic mass is 10.1. The minimum absolute atomic E-state index is 0.296. The molecule has 0 bridgehead atoms. The van der Waals surface area contributed by atoms with Crippen LogP contribution in [0.2, 0.25) is 0 Å². The van der Waals surface area contributed by atoms with E-state index in [0.29, 0.717) is 29.6 Å². The molecule has 6 rings (SSSR count). The summed E-state index contributed by atoms with van der Waals surface area (Å²) in [5.74, 6) is 2.68. The molecule has 10 heteroatoms. The van der Waals surface area contributed by atoms with Crippen LogP contribution in [0.3, 0.4) is 0 Å². The maximum absolute atomic E-state index is 4.87. The summed E-state index contributed by atoms with van der Waals surface area (Å²) in [6, 6.07) is 4.84. The lowest BCUT2D eigenvalue weighted by Gasteiger charge is -2.09. The van der Waals surface area contributed by atoms with E-state index in [0.717, 1.165) is 28.2 Å². The standard InChI is InChI=1S/C23H26N10/c1-14(2)31-10-7-18(27-31)17-13-33-20(15(17)3)21(25-19-8-11-32(28-19)16-5-6-16)26-22(29-33)23-24-9-12-30(23)4/h7-14,16H,5-6H2,1-4H3,(H,25,26,28,29). The van der Waals surface area contributed by atoms with Gasteiger partial charge in [-0.3, -0.25) is 9.36 Å². The summed E-state index contributed by atoms with van der Waals surface area (Å²) in [6.07, 6.45) is 12.1. The van der Waals surface area contributed by atoms with Crippen molar-refractivity contribution in [3.8, 4) is 22.9 Å². The van der Waals surface area contributed by atoms with E-state index in [2.05, 4.69) is 31.1 Å². The number of nitrogens with zero attached hydrogens (tertiary/aromatic N) is 9. The first-order valence-electron chi connectivity index (χ1n) is 11.2. The van der Waals surface area contributed by atoms with Crippen molar-refractivity contribution in [2.75, 3.05) is 5.32 Å². The highest BCUT2D eigenvalue weighted by molar-refractivity contribution is 5.83. The molecule has 0 aliphatic heterocycles. The summed E-state index contributed by atoms with van der Waals surface area (Å²) < 4.78 is 7.77. The molecule has 1 aliphatic carbocycles. The van der Waals surface area contributed by atoms with E-state index in [9.17, 15) is 0 Å². The van der Waals surface area contributed by atoms with Crippen LogP contribution in [0, 0.1) is 6.92 Å². The van der Waals surface area contributed by atoms with Gasteiger partial charge in [0.25, 0.3) is 0 Å². The maximum Gasteiger partial charge on any atom is 0.218 e. The van der Waals surface area contributed by atoms with Crippen molar-refractivity contribution in [3.63, 3.8) is 0 Å². The Balaban J connectivity index is 1.50. The number of hydrogen-bond donors (Lipinski definition) is 1. The van der Waals surface area contributed by atoms with E-state index in [4.69, 9.17) is 20.3 Å². The van der Waals surface area contributed by atoms with Crippen molar-refractivity contribution in [2.45, 2.75) is 45.7 Å². The number of rotatable bonds is 6. The van der Waals surface area contributed by atoms with Gasteiger partial charge in [0.05, 0.1) is 11.7 Å². The van der Waals surface area contributed by atoms with Crippen LogP contribution in [0.5, 0.6) is 0 Å². The minimum Gasteiger partial charge on any atom is -0.331 e. The Morgan fingerprint density at radius 2 is 1.91 bits per heavy atom. The van der Waals surface area contributed by atoms with E-state index >= 15 is 0 Å². The number of aromatic nitrogens is 9. The molecule has 1 saturated carbocycles. The second-order valence-corrected chi connectivity index (χ2v) is 8.92. The Morgan fingerprint density at radius 1 is 1.06 bits per heavy atom. The largest absolute Gasteiger partial charge is 0.331 e. The third kappa shape index (κ3) is 3.38. The molecule has 33 heavy (non-hydrogen) atoms. The van der Waals surface area contributed by atoms with E-state index in [1.807, 2.05) is 62.4 Å². The van der Waals surface area contributed by atoms with Crippen LogP contribution in [0.4, 0.5) is 11.6 Å². The van der Waals surface area contributed by atoms with Gasteiger partial charge in [-0.2, -0.15) is 10.2 Å². The maximum atomic E-state index is 4.87. The molecule has 1 fully saturated rings. The number of imidazole rings is 1. The highest BCUT2D eigenvalue weighted by Gasteiger charge is 2.25. The van der Waals surface area contributed by atoms with Crippen LogP contribution in [0.25, 0.3) is 28.4 Å². The molecule has 5 aromatic heterocycles. The Bertz CT molecular complexity index is 1460. The van der Waals surface area contributed by atoms with Crippen molar-refractivity contribution in [2.24, 2.45) is 7.05 Å². The van der Waals surface area contributed by atoms with Gasteiger partial charge in [0.2, 0.25) is 5.82 Å². The molecule has 0 aromatic carbocycles. The zero-order valence-corrected chi connectivity index (χ0v) is 19.1. The van der Waals surface area contributed by atoms with Crippen molar-refractivity contribution >= 4 is 17.2 Å². The number of aryl methyl sites for hydroxylation is 2. The first kappa shape index (κ1) is 19.7. The van der Waals surface area contributed by atoms with Gasteiger partial charge in [-0.15, -0.1) is 5.10 Å². The summed E-state index contributed by atoms with van der Waals surface area (Å²) in [7, 11) is 1.94. The zero-order chi connectivity index (χ0) is 22.7. The summed E-state index contributed by atoms with van der Waals surface area (Å²) >= 11 is 0. The number of fused-ring (bicyclic) bond motifs is 1. The monoisotopic (exact) mass is 442 g/mol. The van der Waals surface area contributed by atoms with Gasteiger partial charge in [-0.25, -0.2) is 14.5 Å². The SMILES string of the molecule is Cc1c(-c2ccn(C(C)C)n2)cn2nc(-c3nccn3C)nc(Nc3ccn(C4CC4)n3)c12. The highest BCUT2D eigenvalue weighted by Crippen LogP contribution is 2.35. The molecule has 0 radical (unpaired) electrons. The Kier molecular flexibility index (Phi) is 4.36. The lowest BCUT2D eigenvalue weighted by Crippen LogP contribution is -2.06. The van der Waals surface area contributed by atoms with E-state index in [1.165, 1.54) is 12.8 Å². The Morgan fingerprint density at radius 3 is 2.61 bits per heavy atom. The van der Waals surface area contributed by atoms with Crippen molar-refractivity contribution in [1.29, 1.82) is 0 Å². The molecule has 1 aliphatic rings. The lowest BCUT2D eigenvalue weighted by molar-refractivity contribution is 0.534. The van der Waals surface area contributed by atoms with E-state index in [1.54, 1.807) is 6.20 Å². The van der Waals surface area contributed by atoms with Gasteiger partial charge in [0.1, 0.15) is 5.52 Å². The molecule has 0 spiro atoms. The molecule has 168 valence electrons. The summed E-state index contributed by atoms with van der Waals surface area (Å²) in [5.41, 5.74) is 3.88. The van der Waals surface area contributed by atoms with Gasteiger partial charge in [0.15, 0.2) is 17.5 Å². The summed E-state index contributed by atoms with van der Waals surface area (Å²) in [5, 5.41) is 17.7. The van der Waals surface area contributed by atoms with E-state index < -0.39 is 0 Å². The average Bonchev–Trinajstić information content (AvgIpc) is 3.16. The van der Waals surface area contributed by atoms with Crippen LogP contribution >= 0.6 is 0 Å². The molecule has 5 heterocycles. The molecule has 0 amide bonds. The first-order chi connectivity index (χ1) is 16.0. The Hall–Kier alpha value is -3.95. The normalized spacial score (nSPS) is 14.0. The fourth-order valence-electron chi connectivity index (χ4n) is 4.09. The summed E-state index contributed by atoms with van der Waals surface area (Å²) in [6.45, 7) is 6.32. The third-order valence-electron chi connectivity index (χ3n) is 6.09. The zero-order valence-electron chi connectivity index (χ0n) is 19.1.